The number of ether oxygens (including phenoxy) is 1. The Bertz CT molecular complexity index is 293. The Kier molecular flexibility index (Phi) is 6.80. The fourth-order valence-electron chi connectivity index (χ4n) is 2.84. The van der Waals surface area contributed by atoms with Crippen LogP contribution in [0.5, 0.6) is 0 Å². The van der Waals surface area contributed by atoms with Crippen molar-refractivity contribution in [2.45, 2.75) is 90.4 Å². The van der Waals surface area contributed by atoms with E-state index in [4.69, 9.17) is 4.74 Å². The summed E-state index contributed by atoms with van der Waals surface area (Å²) in [4.78, 5) is 11.9. The first-order valence-electron chi connectivity index (χ1n) is 7.99. The van der Waals surface area contributed by atoms with Crippen LogP contribution >= 0.6 is 0 Å². The van der Waals surface area contributed by atoms with Gasteiger partial charge in [-0.3, -0.25) is 0 Å². The van der Waals surface area contributed by atoms with E-state index >= 15 is 0 Å². The number of hydrogen-bond donors (Lipinski definition) is 2. The van der Waals surface area contributed by atoms with Crippen molar-refractivity contribution in [2.75, 3.05) is 0 Å². The first-order chi connectivity index (χ1) is 9.31. The zero-order valence-corrected chi connectivity index (χ0v) is 13.4. The second kappa shape index (κ2) is 7.87. The molecule has 0 heterocycles. The smallest absolute Gasteiger partial charge is 0.407 e. The van der Waals surface area contributed by atoms with E-state index in [-0.39, 0.29) is 6.04 Å². The average molecular weight is 285 g/mol. The van der Waals surface area contributed by atoms with Crippen molar-refractivity contribution in [3.05, 3.63) is 0 Å². The topological polar surface area (TPSA) is 58.6 Å². The lowest BCUT2D eigenvalue weighted by Gasteiger charge is -2.30. The lowest BCUT2D eigenvalue weighted by Crippen LogP contribution is -2.46. The van der Waals surface area contributed by atoms with Gasteiger partial charge in [-0.15, -0.1) is 0 Å². The van der Waals surface area contributed by atoms with Gasteiger partial charge < -0.3 is 15.2 Å². The monoisotopic (exact) mass is 285 g/mol. The highest BCUT2D eigenvalue weighted by Crippen LogP contribution is 2.28. The number of carbonyl (C=O) groups excluding carboxylic acids is 1. The summed E-state index contributed by atoms with van der Waals surface area (Å²) in [5.41, 5.74) is -0.503. The van der Waals surface area contributed by atoms with Crippen molar-refractivity contribution in [3.63, 3.8) is 0 Å². The van der Waals surface area contributed by atoms with Crippen LogP contribution in [0.25, 0.3) is 0 Å². The summed E-state index contributed by atoms with van der Waals surface area (Å²) >= 11 is 0. The molecule has 0 aromatic rings. The number of aliphatic hydroxyl groups excluding tert-OH is 1. The van der Waals surface area contributed by atoms with Gasteiger partial charge in [-0.25, -0.2) is 4.79 Å². The number of aliphatic hydroxyl groups is 1. The zero-order chi connectivity index (χ0) is 15.2. The average Bonchev–Trinajstić information content (AvgIpc) is 2.36. The quantitative estimate of drug-likeness (QED) is 0.811. The number of rotatable bonds is 5. The molecule has 1 rings (SSSR count). The second-order valence-corrected chi connectivity index (χ2v) is 6.97. The molecular weight excluding hydrogens is 254 g/mol. The Labute approximate surface area is 123 Å². The van der Waals surface area contributed by atoms with Gasteiger partial charge in [-0.1, -0.05) is 39.0 Å². The van der Waals surface area contributed by atoms with Crippen LogP contribution in [0.1, 0.15) is 72.6 Å². The molecular formula is C16H31NO3. The molecule has 2 atom stereocenters. The van der Waals surface area contributed by atoms with Crippen LogP contribution in [0.4, 0.5) is 4.79 Å². The van der Waals surface area contributed by atoms with Crippen molar-refractivity contribution >= 4 is 6.09 Å². The molecule has 2 N–H and O–H groups in total. The van der Waals surface area contributed by atoms with Gasteiger partial charge in [0.15, 0.2) is 0 Å². The van der Waals surface area contributed by atoms with Gasteiger partial charge in [0.2, 0.25) is 0 Å². The summed E-state index contributed by atoms with van der Waals surface area (Å²) < 4.78 is 5.29. The van der Waals surface area contributed by atoms with Crippen molar-refractivity contribution in [1.82, 2.24) is 5.32 Å². The van der Waals surface area contributed by atoms with E-state index in [2.05, 4.69) is 5.32 Å². The summed E-state index contributed by atoms with van der Waals surface area (Å²) in [6.07, 6.45) is 6.86. The van der Waals surface area contributed by atoms with E-state index < -0.39 is 17.8 Å². The third-order valence-corrected chi connectivity index (χ3v) is 3.90. The van der Waals surface area contributed by atoms with Gasteiger partial charge in [0.25, 0.3) is 0 Å². The van der Waals surface area contributed by atoms with E-state index in [1.54, 1.807) is 0 Å². The molecule has 0 saturated heterocycles. The fourth-order valence-corrected chi connectivity index (χ4v) is 2.84. The van der Waals surface area contributed by atoms with Crippen LogP contribution in [-0.2, 0) is 4.74 Å². The number of alkyl carbamates (subject to hydrolysis) is 1. The maximum Gasteiger partial charge on any atom is 0.407 e. The van der Waals surface area contributed by atoms with E-state index in [9.17, 15) is 9.90 Å². The highest BCUT2D eigenvalue weighted by atomic mass is 16.6. The SMILES string of the molecule is CCC(O)C(CC1CCCCC1)NC(=O)OC(C)(C)C. The highest BCUT2D eigenvalue weighted by molar-refractivity contribution is 5.68. The molecule has 1 fully saturated rings. The van der Waals surface area contributed by atoms with Gasteiger partial charge in [0.1, 0.15) is 5.60 Å². The van der Waals surface area contributed by atoms with E-state index in [1.165, 1.54) is 32.1 Å². The minimum absolute atomic E-state index is 0.196. The lowest BCUT2D eigenvalue weighted by atomic mass is 9.83. The van der Waals surface area contributed by atoms with Crippen LogP contribution in [0.3, 0.4) is 0 Å². The van der Waals surface area contributed by atoms with Crippen molar-refractivity contribution in [1.29, 1.82) is 0 Å². The summed E-state index contributed by atoms with van der Waals surface area (Å²) in [5.74, 6) is 0.616. The van der Waals surface area contributed by atoms with Crippen LogP contribution in [0.15, 0.2) is 0 Å². The standard InChI is InChI=1S/C16H31NO3/c1-5-14(18)13(11-12-9-7-6-8-10-12)17-15(19)20-16(2,3)4/h12-14,18H,5-11H2,1-4H3,(H,17,19). The Morgan fingerprint density at radius 3 is 2.40 bits per heavy atom. The third-order valence-electron chi connectivity index (χ3n) is 3.90. The Morgan fingerprint density at radius 2 is 1.90 bits per heavy atom. The molecule has 0 aromatic carbocycles. The molecule has 118 valence electrons. The van der Waals surface area contributed by atoms with Gasteiger partial charge in [0.05, 0.1) is 12.1 Å². The maximum atomic E-state index is 11.9. The zero-order valence-electron chi connectivity index (χ0n) is 13.4. The molecule has 1 saturated carbocycles. The number of nitrogens with one attached hydrogen (secondary N) is 1. The predicted molar refractivity (Wildman–Crippen MR) is 80.6 cm³/mol. The van der Waals surface area contributed by atoms with Crippen LogP contribution < -0.4 is 5.32 Å². The predicted octanol–water partition coefficient (Wildman–Crippen LogP) is 3.62. The molecule has 1 aliphatic carbocycles. The summed E-state index contributed by atoms with van der Waals surface area (Å²) in [6.45, 7) is 7.48. The first kappa shape index (κ1) is 17.3. The van der Waals surface area contributed by atoms with Gasteiger partial charge in [0, 0.05) is 0 Å². The third kappa shape index (κ3) is 6.60. The molecule has 20 heavy (non-hydrogen) atoms. The van der Waals surface area contributed by atoms with Crippen LogP contribution in [0.2, 0.25) is 0 Å². The molecule has 4 nitrogen and oxygen atoms in total. The molecule has 0 aliphatic heterocycles. The minimum atomic E-state index is -0.503. The number of amides is 1. The normalized spacial score (nSPS) is 20.2. The van der Waals surface area contributed by atoms with Gasteiger partial charge in [-0.2, -0.15) is 0 Å². The largest absolute Gasteiger partial charge is 0.444 e. The van der Waals surface area contributed by atoms with E-state index in [0.717, 1.165) is 6.42 Å². The second-order valence-electron chi connectivity index (χ2n) is 6.97. The highest BCUT2D eigenvalue weighted by Gasteiger charge is 2.27. The molecule has 0 spiro atoms. The van der Waals surface area contributed by atoms with Crippen molar-refractivity contribution in [2.24, 2.45) is 5.92 Å². The molecule has 1 amide bonds. The first-order valence-corrected chi connectivity index (χ1v) is 7.99. The Hall–Kier alpha value is -0.770. The Morgan fingerprint density at radius 1 is 1.30 bits per heavy atom. The number of hydrogen-bond acceptors (Lipinski definition) is 3. The molecule has 0 aromatic heterocycles. The number of carbonyl (C=O) groups is 1. The van der Waals surface area contributed by atoms with Crippen molar-refractivity contribution in [3.8, 4) is 0 Å². The summed E-state index contributed by atoms with van der Waals surface area (Å²) in [6, 6.07) is -0.196. The molecule has 4 heteroatoms. The van der Waals surface area contributed by atoms with E-state index in [1.807, 2.05) is 27.7 Å². The summed E-state index contributed by atoms with van der Waals surface area (Å²) in [5, 5.41) is 13.0. The Balaban J connectivity index is 2.52. The van der Waals surface area contributed by atoms with Gasteiger partial charge in [-0.05, 0) is 39.5 Å². The molecule has 0 radical (unpaired) electrons. The lowest BCUT2D eigenvalue weighted by molar-refractivity contribution is 0.0387. The minimum Gasteiger partial charge on any atom is -0.444 e. The maximum absolute atomic E-state index is 11.9. The van der Waals surface area contributed by atoms with E-state index in [0.29, 0.717) is 12.3 Å². The van der Waals surface area contributed by atoms with Gasteiger partial charge >= 0.3 is 6.09 Å². The summed E-state index contributed by atoms with van der Waals surface area (Å²) in [7, 11) is 0. The van der Waals surface area contributed by atoms with Crippen LogP contribution in [-0.4, -0.2) is 28.9 Å². The fraction of sp³-hybridized carbons (Fsp3) is 0.938. The molecule has 2 unspecified atom stereocenters. The molecule has 0 bridgehead atoms. The van der Waals surface area contributed by atoms with Crippen molar-refractivity contribution < 1.29 is 14.6 Å². The molecule has 1 aliphatic rings. The van der Waals surface area contributed by atoms with Crippen LogP contribution in [0, 0.1) is 5.92 Å².